The summed E-state index contributed by atoms with van der Waals surface area (Å²) in [5.41, 5.74) is 9.37. The van der Waals surface area contributed by atoms with E-state index in [-0.39, 0.29) is 5.41 Å². The predicted octanol–water partition coefficient (Wildman–Crippen LogP) is 2.96. The molecule has 3 heteroatoms. The number of fused-ring (bicyclic) bond motifs is 4. The zero-order valence-electron chi connectivity index (χ0n) is 14.6. The Morgan fingerprint density at radius 1 is 1.35 bits per heavy atom. The summed E-state index contributed by atoms with van der Waals surface area (Å²) in [5.74, 6) is 2.64. The molecule has 0 spiro atoms. The maximum absolute atomic E-state index is 6.06. The minimum absolute atomic E-state index is 0.252. The van der Waals surface area contributed by atoms with E-state index >= 15 is 0 Å². The number of likely N-dealkylation sites (tertiary alicyclic amines) is 1. The van der Waals surface area contributed by atoms with Gasteiger partial charge in [0.1, 0.15) is 5.75 Å². The molecule has 1 aromatic carbocycles. The maximum Gasteiger partial charge on any atom is 0.119 e. The van der Waals surface area contributed by atoms with Crippen LogP contribution in [0.5, 0.6) is 5.75 Å². The summed E-state index contributed by atoms with van der Waals surface area (Å²) in [4.78, 5) is 2.80. The average molecular weight is 314 g/mol. The molecule has 0 unspecified atom stereocenters. The summed E-state index contributed by atoms with van der Waals surface area (Å²) >= 11 is 0. The van der Waals surface area contributed by atoms with Crippen molar-refractivity contribution in [3.05, 3.63) is 29.3 Å². The molecule has 23 heavy (non-hydrogen) atoms. The van der Waals surface area contributed by atoms with Gasteiger partial charge in [-0.25, -0.2) is 0 Å². The Labute approximate surface area is 140 Å². The van der Waals surface area contributed by atoms with Gasteiger partial charge in [0.2, 0.25) is 0 Å². The number of nitrogens with zero attached hydrogens (tertiary/aromatic N) is 1. The van der Waals surface area contributed by atoms with Gasteiger partial charge in [-0.3, -0.25) is 4.90 Å². The first-order valence-corrected chi connectivity index (χ1v) is 9.29. The van der Waals surface area contributed by atoms with Crippen LogP contribution in [0.25, 0.3) is 0 Å². The molecule has 0 radical (unpaired) electrons. The van der Waals surface area contributed by atoms with Gasteiger partial charge in [-0.2, -0.15) is 0 Å². The van der Waals surface area contributed by atoms with Crippen molar-refractivity contribution in [3.63, 3.8) is 0 Å². The molecule has 1 saturated carbocycles. The van der Waals surface area contributed by atoms with Gasteiger partial charge in [0, 0.05) is 18.0 Å². The quantitative estimate of drug-likeness (QED) is 0.908. The maximum atomic E-state index is 6.06. The van der Waals surface area contributed by atoms with Crippen molar-refractivity contribution in [2.75, 3.05) is 26.7 Å². The lowest BCUT2D eigenvalue weighted by atomic mass is 9.56. The third-order valence-electron chi connectivity index (χ3n) is 6.83. The highest BCUT2D eigenvalue weighted by Gasteiger charge is 2.51. The molecule has 1 aliphatic heterocycles. The molecule has 3 aliphatic rings. The van der Waals surface area contributed by atoms with Crippen LogP contribution in [-0.2, 0) is 11.8 Å². The molecule has 2 bridgehead atoms. The number of hydrogen-bond donors (Lipinski definition) is 1. The molecule has 3 atom stereocenters. The van der Waals surface area contributed by atoms with Crippen LogP contribution in [0.2, 0.25) is 0 Å². The van der Waals surface area contributed by atoms with Crippen LogP contribution in [0.15, 0.2) is 18.2 Å². The number of nitrogens with two attached hydrogens (primary N) is 1. The number of hydrogen-bond acceptors (Lipinski definition) is 3. The van der Waals surface area contributed by atoms with Gasteiger partial charge < -0.3 is 10.5 Å². The summed E-state index contributed by atoms with van der Waals surface area (Å²) in [6.07, 6.45) is 6.43. The van der Waals surface area contributed by atoms with Gasteiger partial charge in [0.15, 0.2) is 0 Å². The third kappa shape index (κ3) is 2.49. The van der Waals surface area contributed by atoms with E-state index in [4.69, 9.17) is 10.5 Å². The molecule has 1 aromatic rings. The molecule has 3 nitrogen and oxygen atoms in total. The topological polar surface area (TPSA) is 38.5 Å². The van der Waals surface area contributed by atoms with E-state index in [1.54, 1.807) is 7.11 Å². The van der Waals surface area contributed by atoms with Crippen LogP contribution < -0.4 is 10.5 Å². The summed E-state index contributed by atoms with van der Waals surface area (Å²) in [5, 5.41) is 0. The fourth-order valence-corrected chi connectivity index (χ4v) is 5.26. The summed E-state index contributed by atoms with van der Waals surface area (Å²) in [7, 11) is 1.77. The second-order valence-corrected chi connectivity index (χ2v) is 7.97. The van der Waals surface area contributed by atoms with Gasteiger partial charge in [-0.05, 0) is 80.3 Å². The van der Waals surface area contributed by atoms with Gasteiger partial charge in [0.25, 0.3) is 0 Å². The number of rotatable bonds is 5. The van der Waals surface area contributed by atoms with Gasteiger partial charge in [-0.15, -0.1) is 0 Å². The van der Waals surface area contributed by atoms with Crippen molar-refractivity contribution in [1.82, 2.24) is 4.90 Å². The lowest BCUT2D eigenvalue weighted by molar-refractivity contribution is 0.0168. The Bertz CT molecular complexity index is 583. The third-order valence-corrected chi connectivity index (χ3v) is 6.83. The Morgan fingerprint density at radius 3 is 2.87 bits per heavy atom. The molecule has 0 aromatic heterocycles. The Balaban J connectivity index is 1.73. The van der Waals surface area contributed by atoms with Crippen molar-refractivity contribution in [3.8, 4) is 5.75 Å². The number of benzene rings is 1. The second kappa shape index (κ2) is 5.78. The van der Waals surface area contributed by atoms with E-state index < -0.39 is 0 Å². The van der Waals surface area contributed by atoms with Crippen LogP contribution >= 0.6 is 0 Å². The second-order valence-electron chi connectivity index (χ2n) is 7.97. The molecule has 1 heterocycles. The Morgan fingerprint density at radius 2 is 2.17 bits per heavy atom. The number of methoxy groups -OCH3 is 1. The monoisotopic (exact) mass is 314 g/mol. The fraction of sp³-hybridized carbons (Fsp3) is 0.700. The molecule has 2 N–H and O–H groups in total. The van der Waals surface area contributed by atoms with E-state index in [0.717, 1.165) is 24.6 Å². The zero-order chi connectivity index (χ0) is 16.0. The smallest absolute Gasteiger partial charge is 0.119 e. The zero-order valence-corrected chi connectivity index (χ0v) is 14.6. The van der Waals surface area contributed by atoms with Crippen molar-refractivity contribution in [2.45, 2.75) is 50.5 Å². The van der Waals surface area contributed by atoms with Crippen LogP contribution in [0.3, 0.4) is 0 Å². The van der Waals surface area contributed by atoms with Crippen LogP contribution in [-0.4, -0.2) is 37.7 Å². The lowest BCUT2D eigenvalue weighted by Gasteiger charge is -2.56. The molecule has 1 saturated heterocycles. The number of ether oxygens (including phenoxy) is 1. The van der Waals surface area contributed by atoms with Crippen molar-refractivity contribution in [1.29, 1.82) is 0 Å². The molecule has 126 valence electrons. The van der Waals surface area contributed by atoms with Crippen molar-refractivity contribution in [2.24, 2.45) is 17.6 Å². The fourth-order valence-electron chi connectivity index (χ4n) is 5.26. The summed E-state index contributed by atoms with van der Waals surface area (Å²) in [6, 6.07) is 7.43. The Kier molecular flexibility index (Phi) is 3.89. The van der Waals surface area contributed by atoms with Crippen molar-refractivity contribution >= 4 is 0 Å². The summed E-state index contributed by atoms with van der Waals surface area (Å²) < 4.78 is 5.52. The largest absolute Gasteiger partial charge is 0.497 e. The van der Waals surface area contributed by atoms with Gasteiger partial charge >= 0.3 is 0 Å². The summed E-state index contributed by atoms with van der Waals surface area (Å²) in [6.45, 7) is 5.81. The van der Waals surface area contributed by atoms with Crippen LogP contribution in [0, 0.1) is 11.8 Å². The number of piperidine rings is 1. The first-order chi connectivity index (χ1) is 11.2. The standard InChI is InChI=1S/C20H30N2O/c1-14-19-11-16-5-6-17(23-2)12-18(16)20(14,7-9-21)8-10-22(19)13-15-3-4-15/h5-6,12,14-15,19H,3-4,7-11,13,21H2,1-2H3/t14-,19+,20-/m0/s1. The normalized spacial score (nSPS) is 33.3. The van der Waals surface area contributed by atoms with Gasteiger partial charge in [0.05, 0.1) is 7.11 Å². The minimum Gasteiger partial charge on any atom is -0.497 e. The van der Waals surface area contributed by atoms with E-state index in [0.29, 0.717) is 12.0 Å². The molecule has 2 aliphatic carbocycles. The molecule has 4 rings (SSSR count). The van der Waals surface area contributed by atoms with E-state index in [1.165, 1.54) is 49.9 Å². The lowest BCUT2D eigenvalue weighted by Crippen LogP contribution is -2.59. The van der Waals surface area contributed by atoms with Gasteiger partial charge in [-0.1, -0.05) is 13.0 Å². The van der Waals surface area contributed by atoms with E-state index in [1.807, 2.05) is 0 Å². The SMILES string of the molecule is COc1ccc2c(c1)[C@@]1(CCN)CCN(CC3CC3)[C@H](C2)[C@@H]1C. The van der Waals surface area contributed by atoms with E-state index in [9.17, 15) is 0 Å². The van der Waals surface area contributed by atoms with Crippen molar-refractivity contribution < 1.29 is 4.74 Å². The molecular weight excluding hydrogens is 284 g/mol. The predicted molar refractivity (Wildman–Crippen MR) is 93.9 cm³/mol. The highest BCUT2D eigenvalue weighted by molar-refractivity contribution is 5.45. The molecule has 0 amide bonds. The molecular formula is C20H30N2O. The highest BCUT2D eigenvalue weighted by atomic mass is 16.5. The molecule has 2 fully saturated rings. The highest BCUT2D eigenvalue weighted by Crippen LogP contribution is 2.52. The van der Waals surface area contributed by atoms with Crippen LogP contribution in [0.4, 0.5) is 0 Å². The first kappa shape index (κ1) is 15.5. The average Bonchev–Trinajstić information content (AvgIpc) is 3.37. The first-order valence-electron chi connectivity index (χ1n) is 9.29. The van der Waals surface area contributed by atoms with Crippen LogP contribution in [0.1, 0.15) is 43.7 Å². The van der Waals surface area contributed by atoms with E-state index in [2.05, 4.69) is 30.0 Å². The Hall–Kier alpha value is -1.06. The minimum atomic E-state index is 0.252.